The third kappa shape index (κ3) is 4.00. The highest BCUT2D eigenvalue weighted by Gasteiger charge is 2.22. The van der Waals surface area contributed by atoms with Gasteiger partial charge < -0.3 is 16.0 Å². The quantitative estimate of drug-likeness (QED) is 0.881. The molecule has 2 amide bonds. The highest BCUT2D eigenvalue weighted by molar-refractivity contribution is 6.35. The number of amides is 2. The molecule has 1 aromatic rings. The zero-order valence-electron chi connectivity index (χ0n) is 10.5. The minimum absolute atomic E-state index is 0.128. The third-order valence-corrected chi connectivity index (χ3v) is 3.69. The molecule has 0 aromatic heterocycles. The van der Waals surface area contributed by atoms with Crippen LogP contribution < -0.4 is 11.1 Å². The fourth-order valence-corrected chi connectivity index (χ4v) is 2.80. The van der Waals surface area contributed by atoms with Crippen molar-refractivity contribution in [3.63, 3.8) is 0 Å². The van der Waals surface area contributed by atoms with Gasteiger partial charge in [0.1, 0.15) is 0 Å². The highest BCUT2D eigenvalue weighted by atomic mass is 35.5. The largest absolute Gasteiger partial charge is 0.330 e. The molecule has 6 heteroatoms. The Morgan fingerprint density at radius 1 is 1.37 bits per heavy atom. The molecule has 1 atom stereocenters. The smallest absolute Gasteiger partial charge is 0.321 e. The van der Waals surface area contributed by atoms with Crippen LogP contribution in [0.3, 0.4) is 0 Å². The fourth-order valence-electron chi connectivity index (χ4n) is 2.27. The zero-order valence-corrected chi connectivity index (χ0v) is 12.0. The van der Waals surface area contributed by atoms with E-state index in [2.05, 4.69) is 5.32 Å². The van der Waals surface area contributed by atoms with E-state index in [9.17, 15) is 4.79 Å². The van der Waals surface area contributed by atoms with Crippen molar-refractivity contribution < 1.29 is 4.79 Å². The molecule has 104 valence electrons. The fraction of sp³-hybridized carbons (Fsp3) is 0.462. The topological polar surface area (TPSA) is 58.4 Å². The van der Waals surface area contributed by atoms with E-state index in [1.807, 2.05) is 0 Å². The molecule has 0 radical (unpaired) electrons. The van der Waals surface area contributed by atoms with E-state index in [-0.39, 0.29) is 6.03 Å². The maximum Gasteiger partial charge on any atom is 0.321 e. The second-order valence-corrected chi connectivity index (χ2v) is 5.65. The van der Waals surface area contributed by atoms with Gasteiger partial charge in [-0.15, -0.1) is 0 Å². The summed E-state index contributed by atoms with van der Waals surface area (Å²) in [5.74, 6) is 0.391. The Balaban J connectivity index is 2.00. The Morgan fingerprint density at radius 2 is 2.05 bits per heavy atom. The molecule has 4 nitrogen and oxygen atoms in total. The summed E-state index contributed by atoms with van der Waals surface area (Å²) in [5, 5.41) is 3.82. The van der Waals surface area contributed by atoms with Crippen molar-refractivity contribution in [3.8, 4) is 0 Å². The molecule has 0 saturated carbocycles. The molecule has 1 heterocycles. The summed E-state index contributed by atoms with van der Waals surface area (Å²) in [6.07, 6.45) is 2.08. The number of hydrogen-bond acceptors (Lipinski definition) is 2. The molecule has 0 spiro atoms. The lowest BCUT2D eigenvalue weighted by Gasteiger charge is -2.32. The van der Waals surface area contributed by atoms with Gasteiger partial charge in [-0.05, 0) is 43.5 Å². The normalized spacial score (nSPS) is 19.3. The molecular formula is C13H17Cl2N3O. The van der Waals surface area contributed by atoms with Crippen molar-refractivity contribution in [2.45, 2.75) is 12.8 Å². The number of anilines is 1. The predicted molar refractivity (Wildman–Crippen MR) is 78.8 cm³/mol. The number of hydrogen-bond donors (Lipinski definition) is 2. The van der Waals surface area contributed by atoms with Gasteiger partial charge >= 0.3 is 6.03 Å². The Kier molecular flexibility index (Phi) is 4.91. The first kappa shape index (κ1) is 14.4. The summed E-state index contributed by atoms with van der Waals surface area (Å²) in [5.41, 5.74) is 6.27. The number of likely N-dealkylation sites (tertiary alicyclic amines) is 1. The molecule has 2 rings (SSSR count). The van der Waals surface area contributed by atoms with Crippen LogP contribution in [0.1, 0.15) is 12.8 Å². The molecular weight excluding hydrogens is 285 g/mol. The van der Waals surface area contributed by atoms with Crippen LogP contribution in [-0.4, -0.2) is 30.6 Å². The van der Waals surface area contributed by atoms with Crippen LogP contribution in [-0.2, 0) is 0 Å². The molecule has 0 aliphatic carbocycles. The van der Waals surface area contributed by atoms with Crippen LogP contribution in [0.4, 0.5) is 10.5 Å². The first-order valence-electron chi connectivity index (χ1n) is 6.30. The van der Waals surface area contributed by atoms with Crippen molar-refractivity contribution in [3.05, 3.63) is 28.2 Å². The molecule has 3 N–H and O–H groups in total. The van der Waals surface area contributed by atoms with E-state index in [0.29, 0.717) is 34.7 Å². The number of nitrogens with two attached hydrogens (primary N) is 1. The van der Waals surface area contributed by atoms with Gasteiger partial charge in [0.2, 0.25) is 0 Å². The Morgan fingerprint density at radius 3 is 2.68 bits per heavy atom. The number of nitrogens with zero attached hydrogens (tertiary/aromatic N) is 1. The number of urea groups is 1. The minimum Gasteiger partial charge on any atom is -0.330 e. The lowest BCUT2D eigenvalue weighted by atomic mass is 9.99. The number of halogens is 2. The molecule has 1 saturated heterocycles. The van der Waals surface area contributed by atoms with E-state index >= 15 is 0 Å². The van der Waals surface area contributed by atoms with Gasteiger partial charge in [0, 0.05) is 28.8 Å². The minimum atomic E-state index is -0.128. The number of carbonyl (C=O) groups is 1. The lowest BCUT2D eigenvalue weighted by Crippen LogP contribution is -2.44. The van der Waals surface area contributed by atoms with Gasteiger partial charge in [-0.3, -0.25) is 0 Å². The number of piperidine rings is 1. The summed E-state index contributed by atoms with van der Waals surface area (Å²) in [6.45, 7) is 2.08. The highest BCUT2D eigenvalue weighted by Crippen LogP contribution is 2.23. The Labute approximate surface area is 122 Å². The number of benzene rings is 1. The lowest BCUT2D eigenvalue weighted by molar-refractivity contribution is 0.179. The number of rotatable bonds is 2. The monoisotopic (exact) mass is 301 g/mol. The maximum atomic E-state index is 12.1. The van der Waals surface area contributed by atoms with Gasteiger partial charge in [0.05, 0.1) is 0 Å². The van der Waals surface area contributed by atoms with Crippen LogP contribution in [0.5, 0.6) is 0 Å². The molecule has 1 aromatic carbocycles. The molecule has 1 fully saturated rings. The van der Waals surface area contributed by atoms with E-state index in [1.54, 1.807) is 23.1 Å². The second-order valence-electron chi connectivity index (χ2n) is 4.78. The summed E-state index contributed by atoms with van der Waals surface area (Å²) < 4.78 is 0. The Bertz CT molecular complexity index is 447. The summed E-state index contributed by atoms with van der Waals surface area (Å²) in [7, 11) is 0. The van der Waals surface area contributed by atoms with Crippen molar-refractivity contribution in [2.24, 2.45) is 11.7 Å². The predicted octanol–water partition coefficient (Wildman–Crippen LogP) is 3.20. The van der Waals surface area contributed by atoms with E-state index in [1.165, 1.54) is 0 Å². The van der Waals surface area contributed by atoms with E-state index in [4.69, 9.17) is 28.9 Å². The number of carbonyl (C=O) groups excluding carboxylic acids is 1. The van der Waals surface area contributed by atoms with Gasteiger partial charge in [0.25, 0.3) is 0 Å². The number of nitrogens with one attached hydrogen (secondary N) is 1. The van der Waals surface area contributed by atoms with Crippen molar-refractivity contribution in [1.29, 1.82) is 0 Å². The molecule has 0 bridgehead atoms. The van der Waals surface area contributed by atoms with Gasteiger partial charge in [-0.1, -0.05) is 23.2 Å². The first-order valence-corrected chi connectivity index (χ1v) is 7.06. The first-order chi connectivity index (χ1) is 9.08. The van der Waals surface area contributed by atoms with Gasteiger partial charge in [-0.2, -0.15) is 0 Å². The van der Waals surface area contributed by atoms with Crippen LogP contribution in [0, 0.1) is 5.92 Å². The van der Waals surface area contributed by atoms with Crippen LogP contribution in [0.2, 0.25) is 10.0 Å². The summed E-state index contributed by atoms with van der Waals surface area (Å²) >= 11 is 11.8. The average molecular weight is 302 g/mol. The van der Waals surface area contributed by atoms with E-state index in [0.717, 1.165) is 19.4 Å². The maximum absolute atomic E-state index is 12.1. The second kappa shape index (κ2) is 6.46. The van der Waals surface area contributed by atoms with Crippen LogP contribution >= 0.6 is 23.2 Å². The zero-order chi connectivity index (χ0) is 13.8. The Hall–Kier alpha value is -0.970. The molecule has 1 aliphatic heterocycles. The standard InChI is InChI=1S/C13H17Cl2N3O/c14-10-4-11(15)6-12(5-10)17-13(19)18-3-1-2-9(7-16)8-18/h4-6,9H,1-3,7-8,16H2,(H,17,19). The van der Waals surface area contributed by atoms with Crippen molar-refractivity contribution in [1.82, 2.24) is 4.90 Å². The summed E-state index contributed by atoms with van der Waals surface area (Å²) in [6, 6.07) is 4.85. The molecule has 1 unspecified atom stereocenters. The molecule has 1 aliphatic rings. The summed E-state index contributed by atoms with van der Waals surface area (Å²) in [4.78, 5) is 13.9. The third-order valence-electron chi connectivity index (χ3n) is 3.25. The van der Waals surface area contributed by atoms with Gasteiger partial charge in [-0.25, -0.2) is 4.79 Å². The van der Waals surface area contributed by atoms with Crippen LogP contribution in [0.15, 0.2) is 18.2 Å². The SMILES string of the molecule is NCC1CCCN(C(=O)Nc2cc(Cl)cc(Cl)c2)C1. The van der Waals surface area contributed by atoms with Crippen molar-refractivity contribution in [2.75, 3.05) is 25.0 Å². The molecule has 19 heavy (non-hydrogen) atoms. The van der Waals surface area contributed by atoms with E-state index < -0.39 is 0 Å². The van der Waals surface area contributed by atoms with Crippen molar-refractivity contribution >= 4 is 34.9 Å². The van der Waals surface area contributed by atoms with Gasteiger partial charge in [0.15, 0.2) is 0 Å². The average Bonchev–Trinajstić information content (AvgIpc) is 2.37. The van der Waals surface area contributed by atoms with Crippen LogP contribution in [0.25, 0.3) is 0 Å².